The number of hydrogen-bond donors (Lipinski definition) is 2. The van der Waals surface area contributed by atoms with E-state index in [4.69, 9.17) is 4.74 Å². The molecule has 3 amide bonds. The van der Waals surface area contributed by atoms with E-state index in [-0.39, 0.29) is 41.3 Å². The van der Waals surface area contributed by atoms with Gasteiger partial charge in [0.1, 0.15) is 23.2 Å². The lowest BCUT2D eigenvalue weighted by molar-refractivity contribution is -0.283. The van der Waals surface area contributed by atoms with Crippen LogP contribution in [0.2, 0.25) is 0 Å². The van der Waals surface area contributed by atoms with E-state index < -0.39 is 72.1 Å². The van der Waals surface area contributed by atoms with Gasteiger partial charge >= 0.3 is 24.5 Å². The molecule has 3 rings (SSSR count). The normalized spacial score (nSPS) is 12.9. The monoisotopic (exact) mass is 744 g/mol. The second-order valence-corrected chi connectivity index (χ2v) is 12.7. The Bertz CT molecular complexity index is 1860. The van der Waals surface area contributed by atoms with E-state index in [0.717, 1.165) is 22.3 Å². The van der Waals surface area contributed by atoms with E-state index in [2.05, 4.69) is 20.4 Å². The molecule has 0 saturated heterocycles. The number of alkyl halides is 6. The summed E-state index contributed by atoms with van der Waals surface area (Å²) in [4.78, 5) is 69.5. The van der Waals surface area contributed by atoms with Gasteiger partial charge in [-0.1, -0.05) is 18.2 Å². The largest absolute Gasteiger partial charge is 0.453 e. The van der Waals surface area contributed by atoms with Gasteiger partial charge in [0, 0.05) is 20.3 Å². The molecule has 0 aliphatic heterocycles. The van der Waals surface area contributed by atoms with Crippen molar-refractivity contribution >= 4 is 40.7 Å². The molecular formula is C33H38F6N6O7. The first-order valence-electron chi connectivity index (χ1n) is 15.6. The van der Waals surface area contributed by atoms with E-state index in [9.17, 15) is 50.3 Å². The van der Waals surface area contributed by atoms with Crippen LogP contribution in [0.15, 0.2) is 53.5 Å². The number of para-hydroxylation sites is 1. The van der Waals surface area contributed by atoms with Crippen molar-refractivity contribution in [2.24, 2.45) is 5.92 Å². The Labute approximate surface area is 293 Å². The summed E-state index contributed by atoms with van der Waals surface area (Å²) in [5.41, 5.74) is -3.20. The summed E-state index contributed by atoms with van der Waals surface area (Å²) >= 11 is 0. The summed E-state index contributed by atoms with van der Waals surface area (Å²) in [5.74, 6) is -5.14. The molecule has 0 radical (unpaired) electrons. The van der Waals surface area contributed by atoms with Crippen LogP contribution >= 0.6 is 0 Å². The second kappa shape index (κ2) is 16.3. The molecule has 284 valence electrons. The maximum atomic E-state index is 13.5. The summed E-state index contributed by atoms with van der Waals surface area (Å²) in [6, 6.07) is 4.81. The number of carbonyl (C=O) groups is 4. The molecule has 2 aromatic heterocycles. The number of halogens is 6. The van der Waals surface area contributed by atoms with Crippen LogP contribution in [-0.4, -0.2) is 88.2 Å². The van der Waals surface area contributed by atoms with Gasteiger partial charge in [-0.2, -0.15) is 26.3 Å². The van der Waals surface area contributed by atoms with E-state index in [0.29, 0.717) is 0 Å². The molecule has 13 nitrogen and oxygen atoms in total. The fourth-order valence-electron chi connectivity index (χ4n) is 4.82. The SMILES string of the molecule is COC(=O)NC(CC/C=C/C(=O)N(C)C)C(=O)Nc1cccn(Cc2nc3c(CC(C(F)(F)F)C(F)(F)F)cccc3n2C(=O)OC(C)(C)C)c1=O. The third-order valence-corrected chi connectivity index (χ3v) is 7.34. The van der Waals surface area contributed by atoms with Gasteiger partial charge in [-0.05, 0) is 69.9 Å². The number of allylic oxidation sites excluding steroid dienone is 1. The Morgan fingerprint density at radius 2 is 1.65 bits per heavy atom. The van der Waals surface area contributed by atoms with Gasteiger partial charge in [-0.15, -0.1) is 0 Å². The zero-order valence-electron chi connectivity index (χ0n) is 29.0. The first kappa shape index (κ1) is 41.1. The molecule has 0 fully saturated rings. The number of pyridine rings is 1. The highest BCUT2D eigenvalue weighted by Gasteiger charge is 2.56. The van der Waals surface area contributed by atoms with Gasteiger partial charge in [-0.25, -0.2) is 19.1 Å². The molecule has 1 atom stereocenters. The highest BCUT2D eigenvalue weighted by atomic mass is 19.4. The molecule has 52 heavy (non-hydrogen) atoms. The number of hydrogen-bond acceptors (Lipinski definition) is 8. The van der Waals surface area contributed by atoms with Gasteiger partial charge < -0.3 is 29.6 Å². The fourth-order valence-corrected chi connectivity index (χ4v) is 4.82. The third kappa shape index (κ3) is 10.8. The van der Waals surface area contributed by atoms with Crippen LogP contribution in [0.3, 0.4) is 0 Å². The molecule has 1 unspecified atom stereocenters. The number of imidazole rings is 1. The summed E-state index contributed by atoms with van der Waals surface area (Å²) in [6.07, 6.45) is -10.6. The summed E-state index contributed by atoms with van der Waals surface area (Å²) in [5, 5.41) is 4.76. The van der Waals surface area contributed by atoms with Crippen molar-refractivity contribution in [3.63, 3.8) is 0 Å². The number of amides is 3. The number of fused-ring (bicyclic) bond motifs is 1. The Kier molecular flexibility index (Phi) is 12.9. The van der Waals surface area contributed by atoms with Crippen molar-refractivity contribution in [3.05, 3.63) is 70.4 Å². The maximum Gasteiger partial charge on any atom is 0.420 e. The van der Waals surface area contributed by atoms with Crippen LogP contribution in [0.1, 0.15) is 45.0 Å². The predicted octanol–water partition coefficient (Wildman–Crippen LogP) is 5.40. The maximum absolute atomic E-state index is 13.5. The molecule has 19 heteroatoms. The van der Waals surface area contributed by atoms with Gasteiger partial charge in [-0.3, -0.25) is 14.4 Å². The average molecular weight is 745 g/mol. The Morgan fingerprint density at radius 1 is 1.00 bits per heavy atom. The van der Waals surface area contributed by atoms with E-state index in [1.165, 1.54) is 68.3 Å². The number of ether oxygens (including phenoxy) is 2. The van der Waals surface area contributed by atoms with E-state index in [1.807, 2.05) is 0 Å². The lowest BCUT2D eigenvalue weighted by Crippen LogP contribution is -2.44. The molecule has 2 N–H and O–H groups in total. The lowest BCUT2D eigenvalue weighted by Gasteiger charge is -2.23. The number of benzene rings is 1. The molecule has 0 aliphatic rings. The van der Waals surface area contributed by atoms with E-state index >= 15 is 0 Å². The quantitative estimate of drug-likeness (QED) is 0.196. The number of nitrogens with zero attached hydrogens (tertiary/aromatic N) is 4. The fraction of sp³-hybridized carbons (Fsp3) is 0.455. The van der Waals surface area contributed by atoms with Gasteiger partial charge in [0.15, 0.2) is 5.92 Å². The Balaban J connectivity index is 2.03. The van der Waals surface area contributed by atoms with Crippen molar-refractivity contribution < 1.29 is 55.0 Å². The molecule has 1 aromatic carbocycles. The minimum atomic E-state index is -5.64. The van der Waals surface area contributed by atoms with Gasteiger partial charge in [0.05, 0.1) is 24.7 Å². The van der Waals surface area contributed by atoms with Crippen LogP contribution in [0, 0.1) is 5.92 Å². The number of methoxy groups -OCH3 is 1. The first-order valence-corrected chi connectivity index (χ1v) is 15.6. The van der Waals surface area contributed by atoms with Crippen LogP contribution in [0.4, 0.5) is 41.6 Å². The summed E-state index contributed by atoms with van der Waals surface area (Å²) < 4.78 is 92.8. The minimum absolute atomic E-state index is 0.00898. The summed E-state index contributed by atoms with van der Waals surface area (Å²) in [7, 11) is 4.17. The van der Waals surface area contributed by atoms with Gasteiger partial charge in [0.2, 0.25) is 11.8 Å². The zero-order valence-corrected chi connectivity index (χ0v) is 29.0. The van der Waals surface area contributed by atoms with Crippen molar-refractivity contribution in [1.82, 2.24) is 24.3 Å². The van der Waals surface area contributed by atoms with Crippen LogP contribution in [0.5, 0.6) is 0 Å². The number of likely N-dealkylation sites (N-methyl/N-ethyl adjacent to an activating group) is 1. The van der Waals surface area contributed by atoms with Crippen LogP contribution < -0.4 is 16.2 Å². The molecule has 0 bridgehead atoms. The number of aromatic nitrogens is 3. The van der Waals surface area contributed by atoms with Crippen LogP contribution in [-0.2, 0) is 32.0 Å². The Morgan fingerprint density at radius 3 is 2.23 bits per heavy atom. The molecule has 2 heterocycles. The average Bonchev–Trinajstić information content (AvgIpc) is 3.39. The zero-order chi connectivity index (χ0) is 39.2. The second-order valence-electron chi connectivity index (χ2n) is 12.7. The number of nitrogens with one attached hydrogen (secondary N) is 2. The lowest BCUT2D eigenvalue weighted by atomic mass is 9.97. The topological polar surface area (TPSA) is 154 Å². The number of rotatable bonds is 11. The van der Waals surface area contributed by atoms with Crippen molar-refractivity contribution in [2.45, 2.75) is 70.6 Å². The first-order chi connectivity index (χ1) is 24.0. The highest BCUT2D eigenvalue weighted by Crippen LogP contribution is 2.42. The Hall–Kier alpha value is -5.36. The molecule has 0 spiro atoms. The third-order valence-electron chi connectivity index (χ3n) is 7.34. The summed E-state index contributed by atoms with van der Waals surface area (Å²) in [6.45, 7) is 4.05. The molecular weight excluding hydrogens is 706 g/mol. The predicted molar refractivity (Wildman–Crippen MR) is 175 cm³/mol. The standard InChI is InChI=1S/C33H38F6N6O7/c1-31(2,3)52-30(50)45-22-14-9-11-19(17-23(32(34,35)36)33(37,38)39)26(22)42-24(45)18-44-16-10-13-21(28(44)48)40-27(47)20(41-29(49)51-6)12-7-8-15-25(46)43(4)5/h8-11,13-16,20,23H,7,12,17-18H2,1-6H3,(H,40,47)(H,41,49)/b15-8+. The molecule has 0 saturated carbocycles. The van der Waals surface area contributed by atoms with Gasteiger partial charge in [0.25, 0.3) is 5.56 Å². The van der Waals surface area contributed by atoms with Crippen molar-refractivity contribution in [2.75, 3.05) is 26.5 Å². The molecule has 3 aromatic rings. The number of carbonyl (C=O) groups excluding carboxylic acids is 4. The number of anilines is 1. The minimum Gasteiger partial charge on any atom is -0.453 e. The van der Waals surface area contributed by atoms with Crippen LogP contribution in [0.25, 0.3) is 11.0 Å². The highest BCUT2D eigenvalue weighted by molar-refractivity contribution is 5.96. The molecule has 0 aliphatic carbocycles. The number of alkyl carbamates (subject to hydrolysis) is 1. The van der Waals surface area contributed by atoms with E-state index in [1.54, 1.807) is 14.1 Å². The van der Waals surface area contributed by atoms with Crippen molar-refractivity contribution in [3.8, 4) is 0 Å². The smallest absolute Gasteiger partial charge is 0.420 e. The van der Waals surface area contributed by atoms with Crippen molar-refractivity contribution in [1.29, 1.82) is 0 Å².